The summed E-state index contributed by atoms with van der Waals surface area (Å²) in [5, 5.41) is 8.17. The fourth-order valence-corrected chi connectivity index (χ4v) is 2.73. The molecule has 150 valence electrons. The average molecular weight is 394 g/mol. The molecule has 1 atom stereocenters. The first kappa shape index (κ1) is 19.9. The van der Waals surface area contributed by atoms with Crippen LogP contribution in [0.25, 0.3) is 0 Å². The summed E-state index contributed by atoms with van der Waals surface area (Å²) in [6, 6.07) is 13.7. The number of nitrogens with one attached hydrogen (secondary N) is 3. The minimum Gasteiger partial charge on any atom is -0.497 e. The fourth-order valence-electron chi connectivity index (χ4n) is 2.73. The highest BCUT2D eigenvalue weighted by Gasteiger charge is 2.28. The summed E-state index contributed by atoms with van der Waals surface area (Å²) in [7, 11) is 1.54. The van der Waals surface area contributed by atoms with Crippen molar-refractivity contribution in [1.29, 1.82) is 0 Å². The van der Waals surface area contributed by atoms with Gasteiger partial charge in [-0.25, -0.2) is 4.99 Å². The number of ether oxygens (including phenoxy) is 1. The van der Waals surface area contributed by atoms with E-state index in [1.54, 1.807) is 31.4 Å². The first-order valence-electron chi connectivity index (χ1n) is 8.93. The Morgan fingerprint density at radius 2 is 1.93 bits per heavy atom. The second-order valence-corrected chi connectivity index (χ2v) is 6.43. The predicted octanol–water partition coefficient (Wildman–Crippen LogP) is 1.61. The van der Waals surface area contributed by atoms with Gasteiger partial charge in [0.05, 0.1) is 13.5 Å². The van der Waals surface area contributed by atoms with Crippen molar-refractivity contribution in [2.75, 3.05) is 17.7 Å². The molecule has 1 heterocycles. The van der Waals surface area contributed by atoms with Crippen LogP contribution >= 0.6 is 0 Å². The Labute approximate surface area is 168 Å². The molecule has 1 unspecified atom stereocenters. The quantitative estimate of drug-likeness (QED) is 0.452. The highest BCUT2D eigenvalue weighted by molar-refractivity contribution is 6.11. The molecule has 0 bridgehead atoms. The van der Waals surface area contributed by atoms with E-state index in [-0.39, 0.29) is 24.2 Å². The zero-order valence-corrected chi connectivity index (χ0v) is 16.1. The maximum absolute atomic E-state index is 12.2. The smallest absolute Gasteiger partial charge is 0.252 e. The second kappa shape index (κ2) is 8.87. The number of hydrogen-bond donors (Lipinski definition) is 4. The highest BCUT2D eigenvalue weighted by atomic mass is 16.5. The number of nitrogens with two attached hydrogens (primary N) is 1. The van der Waals surface area contributed by atoms with Crippen molar-refractivity contribution in [1.82, 2.24) is 5.32 Å². The zero-order chi connectivity index (χ0) is 20.8. The van der Waals surface area contributed by atoms with Crippen molar-refractivity contribution >= 4 is 35.1 Å². The molecule has 0 saturated carbocycles. The molecule has 0 fully saturated rings. The lowest BCUT2D eigenvalue weighted by atomic mass is 10.2. The van der Waals surface area contributed by atoms with Crippen molar-refractivity contribution in [3.63, 3.8) is 0 Å². The van der Waals surface area contributed by atoms with Crippen LogP contribution in [0, 0.1) is 6.92 Å². The van der Waals surface area contributed by atoms with Gasteiger partial charge in [0.25, 0.3) is 5.91 Å². The molecular weight excluding hydrogens is 372 g/mol. The van der Waals surface area contributed by atoms with Crippen molar-refractivity contribution in [2.24, 2.45) is 15.7 Å². The van der Waals surface area contributed by atoms with Gasteiger partial charge in [0.2, 0.25) is 17.8 Å². The van der Waals surface area contributed by atoms with Crippen LogP contribution < -0.4 is 26.4 Å². The molecule has 5 N–H and O–H groups in total. The van der Waals surface area contributed by atoms with Crippen LogP contribution in [-0.4, -0.2) is 36.9 Å². The number of aliphatic imine (C=N–C) groups is 2. The number of methoxy groups -OCH3 is 1. The molecule has 1 aliphatic rings. The van der Waals surface area contributed by atoms with Crippen molar-refractivity contribution in [3.05, 3.63) is 54.1 Å². The predicted molar refractivity (Wildman–Crippen MR) is 112 cm³/mol. The number of anilines is 2. The molecule has 2 amide bonds. The molecule has 0 saturated heterocycles. The summed E-state index contributed by atoms with van der Waals surface area (Å²) in [5.74, 6) is 0.00161. The van der Waals surface area contributed by atoms with Gasteiger partial charge < -0.3 is 21.1 Å². The minimum absolute atomic E-state index is 0.0619. The second-order valence-electron chi connectivity index (χ2n) is 6.43. The average Bonchev–Trinajstić information content (AvgIpc) is 3.00. The van der Waals surface area contributed by atoms with E-state index in [2.05, 4.69) is 25.9 Å². The van der Waals surface area contributed by atoms with E-state index in [1.165, 1.54) is 0 Å². The number of hydrogen-bond acceptors (Lipinski definition) is 5. The molecular formula is C20H22N6O3. The number of carbonyl (C=O) groups is 2. The molecule has 0 radical (unpaired) electrons. The first-order chi connectivity index (χ1) is 13.9. The number of benzene rings is 2. The normalized spacial score (nSPS) is 16.1. The summed E-state index contributed by atoms with van der Waals surface area (Å²) in [6.07, 6.45) is -0.118. The lowest BCUT2D eigenvalue weighted by molar-refractivity contribution is -0.123. The molecule has 0 spiro atoms. The first-order valence-corrected chi connectivity index (χ1v) is 8.93. The van der Waals surface area contributed by atoms with Gasteiger partial charge in [-0.1, -0.05) is 18.2 Å². The Morgan fingerprint density at radius 1 is 1.21 bits per heavy atom. The summed E-state index contributed by atoms with van der Waals surface area (Å²) in [6.45, 7) is 1.96. The molecule has 1 aliphatic heterocycles. The Balaban J connectivity index is 1.60. The Hall–Kier alpha value is -3.88. The van der Waals surface area contributed by atoms with Gasteiger partial charge in [-0.05, 0) is 36.8 Å². The number of amides is 2. The van der Waals surface area contributed by atoms with Crippen molar-refractivity contribution in [3.8, 4) is 5.75 Å². The molecule has 0 aliphatic carbocycles. The summed E-state index contributed by atoms with van der Waals surface area (Å²) in [4.78, 5) is 32.6. The molecule has 2 aromatic carbocycles. The van der Waals surface area contributed by atoms with Gasteiger partial charge in [0, 0.05) is 17.4 Å². The maximum Gasteiger partial charge on any atom is 0.252 e. The third-order valence-electron chi connectivity index (χ3n) is 4.06. The van der Waals surface area contributed by atoms with Crippen molar-refractivity contribution in [2.45, 2.75) is 19.4 Å². The van der Waals surface area contributed by atoms with Crippen LogP contribution in [0.4, 0.5) is 11.4 Å². The van der Waals surface area contributed by atoms with E-state index in [9.17, 15) is 9.59 Å². The number of aryl methyl sites for hydroxylation is 1. The van der Waals surface area contributed by atoms with Crippen LogP contribution in [0.5, 0.6) is 5.75 Å². The standard InChI is InChI=1S/C20H22N6O3/c1-12-5-3-6-13(9-12)23-19(21)26-20-24-16(18(28)25-20)11-17(27)22-14-7-4-8-15(10-14)29-2/h3-10,16H,11H2,1-2H3,(H,22,27)(H4,21,23,24,25,26,28). The van der Waals surface area contributed by atoms with E-state index in [0.29, 0.717) is 11.4 Å². The van der Waals surface area contributed by atoms with Gasteiger partial charge in [-0.15, -0.1) is 0 Å². The van der Waals surface area contributed by atoms with Gasteiger partial charge in [0.15, 0.2) is 0 Å². The lowest BCUT2D eigenvalue weighted by Gasteiger charge is -2.08. The van der Waals surface area contributed by atoms with Crippen LogP contribution in [0.2, 0.25) is 0 Å². The van der Waals surface area contributed by atoms with E-state index in [4.69, 9.17) is 10.5 Å². The van der Waals surface area contributed by atoms with Crippen LogP contribution in [0.1, 0.15) is 12.0 Å². The number of carbonyl (C=O) groups excluding carboxylic acids is 2. The van der Waals surface area contributed by atoms with Gasteiger partial charge >= 0.3 is 0 Å². The number of nitrogens with zero attached hydrogens (tertiary/aromatic N) is 2. The van der Waals surface area contributed by atoms with Gasteiger partial charge in [-0.2, -0.15) is 4.99 Å². The van der Waals surface area contributed by atoms with E-state index in [1.807, 2.05) is 31.2 Å². The Bertz CT molecular complexity index is 986. The third-order valence-corrected chi connectivity index (χ3v) is 4.06. The van der Waals surface area contributed by atoms with Crippen molar-refractivity contribution < 1.29 is 14.3 Å². The number of guanidine groups is 2. The SMILES string of the molecule is COc1cccc(NC(=O)CC2N=C(/N=C(\N)Nc3cccc(C)c3)NC2=O)c1. The van der Waals surface area contributed by atoms with Gasteiger partial charge in [0.1, 0.15) is 11.8 Å². The summed E-state index contributed by atoms with van der Waals surface area (Å²) >= 11 is 0. The summed E-state index contributed by atoms with van der Waals surface area (Å²) < 4.78 is 5.12. The van der Waals surface area contributed by atoms with Crippen LogP contribution in [0.3, 0.4) is 0 Å². The highest BCUT2D eigenvalue weighted by Crippen LogP contribution is 2.17. The largest absolute Gasteiger partial charge is 0.497 e. The molecule has 9 nitrogen and oxygen atoms in total. The Kier molecular flexibility index (Phi) is 6.08. The lowest BCUT2D eigenvalue weighted by Crippen LogP contribution is -2.32. The zero-order valence-electron chi connectivity index (χ0n) is 16.1. The molecule has 0 aromatic heterocycles. The minimum atomic E-state index is -0.869. The van der Waals surface area contributed by atoms with Crippen LogP contribution in [0.15, 0.2) is 58.5 Å². The van der Waals surface area contributed by atoms with E-state index >= 15 is 0 Å². The topological polar surface area (TPSA) is 130 Å². The maximum atomic E-state index is 12.2. The summed E-state index contributed by atoms with van der Waals surface area (Å²) in [5.41, 5.74) is 8.28. The van der Waals surface area contributed by atoms with Gasteiger partial charge in [-0.3, -0.25) is 14.9 Å². The van der Waals surface area contributed by atoms with E-state index < -0.39 is 11.9 Å². The monoisotopic (exact) mass is 394 g/mol. The molecule has 9 heteroatoms. The third kappa shape index (κ3) is 5.55. The van der Waals surface area contributed by atoms with E-state index in [0.717, 1.165) is 11.3 Å². The Morgan fingerprint density at radius 3 is 2.66 bits per heavy atom. The fraction of sp³-hybridized carbons (Fsp3) is 0.200. The van der Waals surface area contributed by atoms with Crippen LogP contribution in [-0.2, 0) is 9.59 Å². The molecule has 2 aromatic rings. The number of rotatable bonds is 5. The molecule has 29 heavy (non-hydrogen) atoms. The molecule has 3 rings (SSSR count).